The summed E-state index contributed by atoms with van der Waals surface area (Å²) in [7, 11) is 0. The smallest absolute Gasteiger partial charge is 0.285 e. The number of amidine groups is 1. The molecule has 0 amide bonds. The van der Waals surface area contributed by atoms with Crippen molar-refractivity contribution < 1.29 is 4.74 Å². The highest BCUT2D eigenvalue weighted by Crippen LogP contribution is 2.32. The third-order valence-corrected chi connectivity index (χ3v) is 4.48. The van der Waals surface area contributed by atoms with Gasteiger partial charge in [-0.1, -0.05) is 46.9 Å². The Morgan fingerprint density at radius 3 is 2.83 bits per heavy atom. The molecule has 0 fully saturated rings. The maximum Gasteiger partial charge on any atom is 0.285 e. The van der Waals surface area contributed by atoms with Crippen molar-refractivity contribution in [2.45, 2.75) is 12.5 Å². The molecule has 0 saturated heterocycles. The molecule has 1 aliphatic rings. The van der Waals surface area contributed by atoms with Crippen LogP contribution in [0.1, 0.15) is 17.2 Å². The van der Waals surface area contributed by atoms with Crippen molar-refractivity contribution in [3.05, 3.63) is 62.9 Å². The standard InChI is InChI=1S/C16H14Cl3N3O/c17-11-6-10(8-20-9-11)7-14(22-16-21-4-5-23-16)12-2-1-3-13(18)15(12)19/h1-3,6,8-9,14H,4-5,7H2,(H,21,22). The molecule has 1 aromatic heterocycles. The van der Waals surface area contributed by atoms with Crippen molar-refractivity contribution in [2.24, 2.45) is 4.99 Å². The van der Waals surface area contributed by atoms with Gasteiger partial charge in [0.25, 0.3) is 6.02 Å². The van der Waals surface area contributed by atoms with Crippen molar-refractivity contribution in [3.63, 3.8) is 0 Å². The van der Waals surface area contributed by atoms with Crippen LogP contribution in [0.3, 0.4) is 0 Å². The van der Waals surface area contributed by atoms with E-state index in [-0.39, 0.29) is 6.04 Å². The summed E-state index contributed by atoms with van der Waals surface area (Å²) in [5.74, 6) is 0. The Labute approximate surface area is 149 Å². The van der Waals surface area contributed by atoms with E-state index in [0.717, 1.165) is 11.1 Å². The van der Waals surface area contributed by atoms with Crippen LogP contribution in [-0.4, -0.2) is 24.2 Å². The molecule has 0 saturated carbocycles. The highest BCUT2D eigenvalue weighted by molar-refractivity contribution is 6.42. The molecule has 23 heavy (non-hydrogen) atoms. The van der Waals surface area contributed by atoms with Gasteiger partial charge in [-0.2, -0.15) is 0 Å². The first-order chi connectivity index (χ1) is 11.1. The molecular formula is C16H14Cl3N3O. The largest absolute Gasteiger partial charge is 0.463 e. The summed E-state index contributed by atoms with van der Waals surface area (Å²) >= 11 is 18.5. The van der Waals surface area contributed by atoms with Crippen molar-refractivity contribution in [1.82, 2.24) is 10.3 Å². The Hall–Kier alpha value is -1.49. The summed E-state index contributed by atoms with van der Waals surface area (Å²) in [6, 6.07) is 7.79. The highest BCUT2D eigenvalue weighted by atomic mass is 35.5. The zero-order valence-corrected chi connectivity index (χ0v) is 14.4. The molecule has 1 atom stereocenters. The average molecular weight is 371 g/mol. The number of pyridine rings is 1. The minimum absolute atomic E-state index is 0.154. The Morgan fingerprint density at radius 2 is 2.09 bits per heavy atom. The molecule has 0 aliphatic carbocycles. The van der Waals surface area contributed by atoms with Crippen LogP contribution >= 0.6 is 34.8 Å². The van der Waals surface area contributed by atoms with Crippen LogP contribution in [-0.2, 0) is 11.2 Å². The van der Waals surface area contributed by atoms with Gasteiger partial charge in [0.05, 0.1) is 27.7 Å². The number of ether oxygens (including phenoxy) is 1. The van der Waals surface area contributed by atoms with Crippen LogP contribution in [0.25, 0.3) is 0 Å². The predicted molar refractivity (Wildman–Crippen MR) is 93.5 cm³/mol. The minimum atomic E-state index is -0.154. The monoisotopic (exact) mass is 369 g/mol. The number of hydrogen-bond donors (Lipinski definition) is 1. The number of halogens is 3. The van der Waals surface area contributed by atoms with Crippen molar-refractivity contribution in [2.75, 3.05) is 13.2 Å². The first kappa shape index (κ1) is 16.4. The van der Waals surface area contributed by atoms with Gasteiger partial charge < -0.3 is 10.1 Å². The molecule has 120 valence electrons. The normalized spacial score (nSPS) is 15.0. The van der Waals surface area contributed by atoms with E-state index >= 15 is 0 Å². The van der Waals surface area contributed by atoms with Gasteiger partial charge in [0.1, 0.15) is 6.61 Å². The molecule has 7 heteroatoms. The number of benzene rings is 1. The molecule has 2 aromatic rings. The van der Waals surface area contributed by atoms with E-state index in [2.05, 4.69) is 15.3 Å². The molecule has 3 rings (SSSR count). The topological polar surface area (TPSA) is 46.5 Å². The van der Waals surface area contributed by atoms with Crippen molar-refractivity contribution >= 4 is 40.8 Å². The van der Waals surface area contributed by atoms with Gasteiger partial charge in [0.15, 0.2) is 0 Å². The highest BCUT2D eigenvalue weighted by Gasteiger charge is 2.20. The Bertz CT molecular complexity index is 736. The summed E-state index contributed by atoms with van der Waals surface area (Å²) in [4.78, 5) is 8.40. The van der Waals surface area contributed by atoms with Gasteiger partial charge >= 0.3 is 0 Å². The predicted octanol–water partition coefficient (Wildman–Crippen LogP) is 4.30. The van der Waals surface area contributed by atoms with E-state index in [0.29, 0.717) is 40.7 Å². The SMILES string of the molecule is Clc1cncc(CC(NC2=NCCO2)c2cccc(Cl)c2Cl)c1. The lowest BCUT2D eigenvalue weighted by Gasteiger charge is -2.21. The molecule has 1 N–H and O–H groups in total. The number of nitrogens with one attached hydrogen (secondary N) is 1. The number of hydrogen-bond acceptors (Lipinski definition) is 4. The molecule has 4 nitrogen and oxygen atoms in total. The third-order valence-electron chi connectivity index (χ3n) is 3.44. The van der Waals surface area contributed by atoms with E-state index in [1.807, 2.05) is 18.2 Å². The van der Waals surface area contributed by atoms with Crippen molar-refractivity contribution in [1.29, 1.82) is 0 Å². The Kier molecular flexibility index (Phi) is 5.26. The molecule has 0 radical (unpaired) electrons. The fourth-order valence-electron chi connectivity index (χ4n) is 2.40. The first-order valence-corrected chi connectivity index (χ1v) is 8.24. The number of rotatable bonds is 4. The Balaban J connectivity index is 1.91. The summed E-state index contributed by atoms with van der Waals surface area (Å²) in [5, 5.41) is 4.90. The maximum atomic E-state index is 6.38. The first-order valence-electron chi connectivity index (χ1n) is 7.10. The summed E-state index contributed by atoms with van der Waals surface area (Å²) in [6.45, 7) is 1.23. The van der Waals surface area contributed by atoms with Crippen LogP contribution in [0.2, 0.25) is 15.1 Å². The van der Waals surface area contributed by atoms with E-state index in [9.17, 15) is 0 Å². The molecular weight excluding hydrogens is 357 g/mol. The molecule has 1 unspecified atom stereocenters. The summed E-state index contributed by atoms with van der Waals surface area (Å²) in [6.07, 6.45) is 4.00. The molecule has 0 bridgehead atoms. The lowest BCUT2D eigenvalue weighted by Crippen LogP contribution is -2.30. The van der Waals surface area contributed by atoms with Gasteiger partial charge in [-0.15, -0.1) is 0 Å². The third kappa shape index (κ3) is 4.08. The second-order valence-electron chi connectivity index (χ2n) is 5.09. The van der Waals surface area contributed by atoms with E-state index in [1.165, 1.54) is 0 Å². The minimum Gasteiger partial charge on any atom is -0.463 e. The van der Waals surface area contributed by atoms with E-state index in [1.54, 1.807) is 18.5 Å². The van der Waals surface area contributed by atoms with Gasteiger partial charge in [0.2, 0.25) is 0 Å². The number of aromatic nitrogens is 1. The quantitative estimate of drug-likeness (QED) is 0.872. The molecule has 0 spiro atoms. The summed E-state index contributed by atoms with van der Waals surface area (Å²) < 4.78 is 5.46. The second-order valence-corrected chi connectivity index (χ2v) is 6.31. The molecule has 2 heterocycles. The van der Waals surface area contributed by atoms with Gasteiger partial charge in [-0.25, -0.2) is 4.99 Å². The number of nitrogens with zero attached hydrogens (tertiary/aromatic N) is 2. The lowest BCUT2D eigenvalue weighted by molar-refractivity contribution is 0.325. The van der Waals surface area contributed by atoms with Crippen molar-refractivity contribution in [3.8, 4) is 0 Å². The van der Waals surface area contributed by atoms with E-state index in [4.69, 9.17) is 39.5 Å². The van der Waals surface area contributed by atoms with Gasteiger partial charge in [0, 0.05) is 12.4 Å². The van der Waals surface area contributed by atoms with Gasteiger partial charge in [-0.3, -0.25) is 4.98 Å². The summed E-state index contributed by atoms with van der Waals surface area (Å²) in [5.41, 5.74) is 1.85. The van der Waals surface area contributed by atoms with Crippen LogP contribution in [0.15, 0.2) is 41.7 Å². The molecule has 1 aliphatic heterocycles. The molecule has 1 aromatic carbocycles. The maximum absolute atomic E-state index is 6.38. The zero-order chi connectivity index (χ0) is 16.2. The second kappa shape index (κ2) is 7.39. The zero-order valence-electron chi connectivity index (χ0n) is 12.1. The van der Waals surface area contributed by atoms with Gasteiger partial charge in [-0.05, 0) is 29.7 Å². The number of aliphatic imine (C=N–C) groups is 1. The van der Waals surface area contributed by atoms with Crippen LogP contribution < -0.4 is 5.32 Å². The van der Waals surface area contributed by atoms with Crippen LogP contribution in [0.5, 0.6) is 0 Å². The fraction of sp³-hybridized carbons (Fsp3) is 0.250. The van der Waals surface area contributed by atoms with Crippen LogP contribution in [0.4, 0.5) is 0 Å². The average Bonchev–Trinajstić information content (AvgIpc) is 3.02. The Morgan fingerprint density at radius 1 is 1.22 bits per heavy atom. The lowest BCUT2D eigenvalue weighted by atomic mass is 10.00. The van der Waals surface area contributed by atoms with E-state index < -0.39 is 0 Å². The van der Waals surface area contributed by atoms with Crippen LogP contribution in [0, 0.1) is 0 Å². The fourth-order valence-corrected chi connectivity index (χ4v) is 3.04.